The van der Waals surface area contributed by atoms with E-state index in [-0.39, 0.29) is 12.4 Å². The Morgan fingerprint density at radius 1 is 0.727 bits per heavy atom. The Labute approximate surface area is 254 Å². The molecule has 0 unspecified atom stereocenters. The molecule has 228 valence electrons. The first-order chi connectivity index (χ1) is 21.1. The molecule has 10 heteroatoms. The van der Waals surface area contributed by atoms with Crippen LogP contribution in [0.5, 0.6) is 23.0 Å². The van der Waals surface area contributed by atoms with E-state index in [1.54, 1.807) is 67.6 Å². The summed E-state index contributed by atoms with van der Waals surface area (Å²) in [6.07, 6.45) is 8.28. The number of hydrogen-bond acceptors (Lipinski definition) is 9. The Balaban J connectivity index is 0.00000125. The molecule has 0 radical (unpaired) electrons. The fourth-order valence-corrected chi connectivity index (χ4v) is 3.16. The normalized spacial score (nSPS) is 10.3. The lowest BCUT2D eigenvalue weighted by Gasteiger charge is -2.08. The summed E-state index contributed by atoms with van der Waals surface area (Å²) in [5, 5.41) is 16.9. The Bertz CT molecular complexity index is 1500. The lowest BCUT2D eigenvalue weighted by Crippen LogP contribution is -2.07. The van der Waals surface area contributed by atoms with Gasteiger partial charge in [-0.05, 0) is 78.2 Å². The molecule has 0 amide bonds. The molecule has 0 saturated carbocycles. The topological polar surface area (TPSA) is 146 Å². The maximum absolute atomic E-state index is 12.3. The Morgan fingerprint density at radius 2 is 1.27 bits per heavy atom. The van der Waals surface area contributed by atoms with Crippen molar-refractivity contribution in [2.45, 2.75) is 13.3 Å². The minimum Gasteiger partial charge on any atom is -0.508 e. The summed E-state index contributed by atoms with van der Waals surface area (Å²) in [6.45, 7) is 8.66. The largest absolute Gasteiger partial charge is 0.508 e. The van der Waals surface area contributed by atoms with Crippen molar-refractivity contribution < 1.29 is 48.3 Å². The van der Waals surface area contributed by atoms with Crippen LogP contribution in [0.3, 0.4) is 0 Å². The smallest absolute Gasteiger partial charge is 0.336 e. The molecule has 3 aromatic carbocycles. The maximum Gasteiger partial charge on any atom is 0.336 e. The number of carboxylic acid groups (broad SMARTS) is 1. The van der Waals surface area contributed by atoms with Crippen molar-refractivity contribution in [1.82, 2.24) is 0 Å². The zero-order valence-electron chi connectivity index (χ0n) is 24.0. The number of hydrogen-bond donors (Lipinski definition) is 2. The van der Waals surface area contributed by atoms with Gasteiger partial charge in [0.2, 0.25) is 0 Å². The van der Waals surface area contributed by atoms with Gasteiger partial charge in [-0.15, -0.1) is 0 Å². The molecule has 0 aliphatic carbocycles. The predicted octanol–water partition coefficient (Wildman–Crippen LogP) is 5.69. The van der Waals surface area contributed by atoms with Gasteiger partial charge in [-0.2, -0.15) is 0 Å². The minimum atomic E-state index is -0.981. The molecule has 0 atom stereocenters. The van der Waals surface area contributed by atoms with Crippen LogP contribution in [0.4, 0.5) is 0 Å². The van der Waals surface area contributed by atoms with Crippen LogP contribution >= 0.6 is 0 Å². The summed E-state index contributed by atoms with van der Waals surface area (Å²) in [7, 11) is 0. The number of carbonyl (C=O) groups excluding carboxylic acids is 3. The predicted molar refractivity (Wildman–Crippen MR) is 164 cm³/mol. The van der Waals surface area contributed by atoms with Gasteiger partial charge >= 0.3 is 23.9 Å². The van der Waals surface area contributed by atoms with E-state index in [2.05, 4.69) is 13.2 Å². The molecule has 0 spiro atoms. The quantitative estimate of drug-likeness (QED) is 0.109. The summed E-state index contributed by atoms with van der Waals surface area (Å²) in [5.74, 6) is -1.14. The first-order valence-electron chi connectivity index (χ1n) is 13.2. The van der Waals surface area contributed by atoms with E-state index in [9.17, 15) is 24.3 Å². The van der Waals surface area contributed by atoms with Crippen molar-refractivity contribution in [3.8, 4) is 23.0 Å². The molecule has 2 N–H and O–H groups in total. The van der Waals surface area contributed by atoms with Crippen LogP contribution in [-0.2, 0) is 23.9 Å². The summed E-state index contributed by atoms with van der Waals surface area (Å²) < 4.78 is 21.2. The van der Waals surface area contributed by atoms with E-state index in [0.29, 0.717) is 35.8 Å². The average molecular weight is 601 g/mol. The summed E-state index contributed by atoms with van der Waals surface area (Å²) in [4.78, 5) is 44.6. The molecule has 0 bridgehead atoms. The summed E-state index contributed by atoms with van der Waals surface area (Å²) in [6, 6.07) is 18.2. The van der Waals surface area contributed by atoms with Gasteiger partial charge < -0.3 is 29.2 Å². The molecule has 0 aromatic heterocycles. The number of aromatic hydroxyl groups is 1. The number of benzene rings is 3. The lowest BCUT2D eigenvalue weighted by molar-refractivity contribution is -0.138. The highest BCUT2D eigenvalue weighted by atomic mass is 16.5. The van der Waals surface area contributed by atoms with Crippen LogP contribution in [0.2, 0.25) is 0 Å². The minimum absolute atomic E-state index is 0.139. The van der Waals surface area contributed by atoms with Gasteiger partial charge in [0.15, 0.2) is 0 Å². The number of ether oxygens (including phenoxy) is 4. The Hall–Kier alpha value is -5.90. The molecule has 10 nitrogen and oxygen atoms in total. The van der Waals surface area contributed by atoms with E-state index in [0.717, 1.165) is 23.3 Å². The van der Waals surface area contributed by atoms with E-state index in [4.69, 9.17) is 24.1 Å². The van der Waals surface area contributed by atoms with Crippen LogP contribution < -0.4 is 14.2 Å². The highest BCUT2D eigenvalue weighted by molar-refractivity contribution is 5.90. The average Bonchev–Trinajstić information content (AvgIpc) is 3.01. The third-order valence-electron chi connectivity index (χ3n) is 5.32. The zero-order valence-corrected chi connectivity index (χ0v) is 24.0. The molecule has 0 aliphatic rings. The molecule has 0 fully saturated rings. The van der Waals surface area contributed by atoms with Gasteiger partial charge in [0, 0.05) is 30.7 Å². The van der Waals surface area contributed by atoms with E-state index >= 15 is 0 Å². The second kappa shape index (κ2) is 18.5. The molecule has 3 aromatic rings. The first kappa shape index (κ1) is 34.3. The third kappa shape index (κ3) is 13.6. The molecule has 44 heavy (non-hydrogen) atoms. The number of esters is 3. The summed E-state index contributed by atoms with van der Waals surface area (Å²) >= 11 is 0. The maximum atomic E-state index is 12.3. The van der Waals surface area contributed by atoms with Gasteiger partial charge in [0.05, 0.1) is 13.2 Å². The second-order valence-corrected chi connectivity index (χ2v) is 8.71. The van der Waals surface area contributed by atoms with Crippen LogP contribution in [0.1, 0.15) is 23.1 Å². The standard InChI is InChI=1S/C31H28O8.C3H4O2/c1-3-29(33)37-20-4-19-36-26-13-7-24(8-14-26)10-18-31(35)39-28-16-15-27(21-22(28)2)38-30(34)17-9-23-5-11-25(32)12-6-23;1-2-3(4)5/h3,5-18,21,32H,1,4,19-20H2,2H3;2H,1H2,(H,4,5)/b17-9+,18-10+;. The zero-order chi connectivity index (χ0) is 32.3. The number of phenols is 1. The number of aryl methyl sites for hydroxylation is 1. The highest BCUT2D eigenvalue weighted by Crippen LogP contribution is 2.24. The van der Waals surface area contributed by atoms with Crippen LogP contribution in [0.25, 0.3) is 12.2 Å². The Kier molecular flexibility index (Phi) is 14.4. The lowest BCUT2D eigenvalue weighted by atomic mass is 10.2. The van der Waals surface area contributed by atoms with E-state index in [1.807, 2.05) is 0 Å². The Morgan fingerprint density at radius 3 is 1.82 bits per heavy atom. The monoisotopic (exact) mass is 600 g/mol. The second-order valence-electron chi connectivity index (χ2n) is 8.71. The number of carbonyl (C=O) groups is 4. The molecule has 0 saturated heterocycles. The molecular weight excluding hydrogens is 568 g/mol. The van der Waals surface area contributed by atoms with Crippen molar-refractivity contribution in [2.75, 3.05) is 13.2 Å². The van der Waals surface area contributed by atoms with Crippen molar-refractivity contribution in [3.05, 3.63) is 121 Å². The van der Waals surface area contributed by atoms with Gasteiger partial charge in [-0.1, -0.05) is 37.4 Å². The van der Waals surface area contributed by atoms with Crippen LogP contribution in [0, 0.1) is 6.92 Å². The molecule has 0 heterocycles. The number of aliphatic carboxylic acids is 1. The van der Waals surface area contributed by atoms with Gasteiger partial charge in [-0.25, -0.2) is 19.2 Å². The van der Waals surface area contributed by atoms with Gasteiger partial charge in [0.1, 0.15) is 23.0 Å². The number of rotatable bonds is 13. The third-order valence-corrected chi connectivity index (χ3v) is 5.32. The van der Waals surface area contributed by atoms with Gasteiger partial charge in [0.25, 0.3) is 0 Å². The van der Waals surface area contributed by atoms with Gasteiger partial charge in [-0.3, -0.25) is 0 Å². The SMILES string of the molecule is C=CC(=O)O.C=CC(=O)OCCCOc1ccc(/C=C/C(=O)Oc2ccc(OC(=O)/C=C/c3ccc(O)cc3)cc2C)cc1. The van der Waals surface area contributed by atoms with Crippen LogP contribution in [-0.4, -0.2) is 47.3 Å². The fraction of sp³-hybridized carbons (Fsp3) is 0.118. The molecule has 0 aliphatic heterocycles. The fourth-order valence-electron chi connectivity index (χ4n) is 3.16. The highest BCUT2D eigenvalue weighted by Gasteiger charge is 2.08. The van der Waals surface area contributed by atoms with Crippen LogP contribution in [0.15, 0.2) is 104 Å². The van der Waals surface area contributed by atoms with Crippen molar-refractivity contribution in [2.24, 2.45) is 0 Å². The van der Waals surface area contributed by atoms with E-state index in [1.165, 1.54) is 30.4 Å². The number of phenolic OH excluding ortho intramolecular Hbond substituents is 1. The van der Waals surface area contributed by atoms with Crippen molar-refractivity contribution in [3.63, 3.8) is 0 Å². The van der Waals surface area contributed by atoms with E-state index < -0.39 is 23.9 Å². The molecular formula is C34H32O10. The first-order valence-corrected chi connectivity index (χ1v) is 13.2. The summed E-state index contributed by atoms with van der Waals surface area (Å²) in [5.41, 5.74) is 2.13. The van der Waals surface area contributed by atoms with Crippen molar-refractivity contribution in [1.29, 1.82) is 0 Å². The number of carboxylic acids is 1. The molecule has 3 rings (SSSR count). The van der Waals surface area contributed by atoms with Crippen molar-refractivity contribution >= 4 is 36.0 Å².